The van der Waals surface area contributed by atoms with Gasteiger partial charge in [0.15, 0.2) is 0 Å². The van der Waals surface area contributed by atoms with Crippen molar-refractivity contribution in [3.05, 3.63) is 22.3 Å². The molecular weight excluding hydrogens is 266 g/mol. The summed E-state index contributed by atoms with van der Waals surface area (Å²) >= 11 is 3.43. The molecule has 0 aliphatic carbocycles. The van der Waals surface area contributed by atoms with Gasteiger partial charge in [-0.1, -0.05) is 0 Å². The van der Waals surface area contributed by atoms with Crippen molar-refractivity contribution in [2.75, 3.05) is 18.4 Å². The van der Waals surface area contributed by atoms with Crippen molar-refractivity contribution >= 4 is 21.7 Å². The van der Waals surface area contributed by atoms with Gasteiger partial charge in [-0.25, -0.2) is 4.98 Å². The Morgan fingerprint density at radius 2 is 2.12 bits per heavy atom. The first kappa shape index (κ1) is 11.9. The second kappa shape index (κ2) is 4.72. The molecule has 1 fully saturated rings. The second-order valence-electron chi connectivity index (χ2n) is 4.75. The number of nitrogens with one attached hydrogen (secondary N) is 2. The van der Waals surface area contributed by atoms with Crippen LogP contribution in [0.2, 0.25) is 0 Å². The Morgan fingerprint density at radius 3 is 2.75 bits per heavy atom. The van der Waals surface area contributed by atoms with Crippen LogP contribution in [-0.4, -0.2) is 23.6 Å². The number of nitrogens with zero attached hydrogens (tertiary/aromatic N) is 1. The average Bonchev–Trinajstić information content (AvgIpc) is 2.23. The molecule has 88 valence electrons. The molecule has 0 spiro atoms. The maximum atomic E-state index is 4.44. The van der Waals surface area contributed by atoms with Gasteiger partial charge in [-0.15, -0.1) is 0 Å². The molecule has 0 amide bonds. The molecule has 0 radical (unpaired) electrons. The Balaban J connectivity index is 2.13. The van der Waals surface area contributed by atoms with Crippen LogP contribution in [0.15, 0.2) is 16.7 Å². The smallest absolute Gasteiger partial charge is 0.129 e. The van der Waals surface area contributed by atoms with Gasteiger partial charge in [0, 0.05) is 16.2 Å². The van der Waals surface area contributed by atoms with Crippen LogP contribution in [0.1, 0.15) is 25.3 Å². The highest BCUT2D eigenvalue weighted by molar-refractivity contribution is 9.10. The van der Waals surface area contributed by atoms with Gasteiger partial charge in [-0.05, 0) is 67.3 Å². The van der Waals surface area contributed by atoms with Gasteiger partial charge in [0.25, 0.3) is 0 Å². The quantitative estimate of drug-likeness (QED) is 0.876. The molecule has 0 aromatic carbocycles. The van der Waals surface area contributed by atoms with Crippen molar-refractivity contribution in [2.45, 2.75) is 32.2 Å². The van der Waals surface area contributed by atoms with Crippen LogP contribution in [0.3, 0.4) is 0 Å². The maximum absolute atomic E-state index is 4.44. The molecule has 2 N–H and O–H groups in total. The fourth-order valence-corrected chi connectivity index (χ4v) is 2.51. The Labute approximate surface area is 105 Å². The number of aryl methyl sites for hydroxylation is 1. The minimum atomic E-state index is 0.177. The molecule has 2 rings (SSSR count). The fourth-order valence-electron chi connectivity index (χ4n) is 2.06. The number of pyridine rings is 1. The number of piperidine rings is 1. The minimum absolute atomic E-state index is 0.177. The normalized spacial score (nSPS) is 19.4. The summed E-state index contributed by atoms with van der Waals surface area (Å²) in [5, 5.41) is 6.96. The first-order valence-electron chi connectivity index (χ1n) is 5.70. The van der Waals surface area contributed by atoms with Gasteiger partial charge in [-0.2, -0.15) is 0 Å². The summed E-state index contributed by atoms with van der Waals surface area (Å²) in [6, 6.07) is 2.10. The molecule has 2 heterocycles. The van der Waals surface area contributed by atoms with Crippen LogP contribution in [-0.2, 0) is 0 Å². The van der Waals surface area contributed by atoms with E-state index in [4.69, 9.17) is 0 Å². The van der Waals surface area contributed by atoms with E-state index in [-0.39, 0.29) is 5.54 Å². The first-order valence-corrected chi connectivity index (χ1v) is 6.49. The summed E-state index contributed by atoms with van der Waals surface area (Å²) in [7, 11) is 0. The molecular formula is C12H18BrN3. The molecule has 0 unspecified atom stereocenters. The van der Waals surface area contributed by atoms with Gasteiger partial charge < -0.3 is 10.6 Å². The summed E-state index contributed by atoms with van der Waals surface area (Å²) in [5.74, 6) is 1.01. The topological polar surface area (TPSA) is 37.0 Å². The predicted molar refractivity (Wildman–Crippen MR) is 70.8 cm³/mol. The molecule has 0 atom stereocenters. The van der Waals surface area contributed by atoms with Crippen molar-refractivity contribution < 1.29 is 0 Å². The highest BCUT2D eigenvalue weighted by Crippen LogP contribution is 2.25. The van der Waals surface area contributed by atoms with Gasteiger partial charge in [0.2, 0.25) is 0 Å². The van der Waals surface area contributed by atoms with E-state index in [2.05, 4.69) is 51.5 Å². The lowest BCUT2D eigenvalue weighted by Gasteiger charge is -2.35. The number of rotatable bonds is 2. The summed E-state index contributed by atoms with van der Waals surface area (Å²) < 4.78 is 1.03. The number of hydrogen-bond donors (Lipinski definition) is 2. The van der Waals surface area contributed by atoms with Crippen LogP contribution >= 0.6 is 15.9 Å². The Morgan fingerprint density at radius 1 is 1.44 bits per heavy atom. The zero-order valence-electron chi connectivity index (χ0n) is 9.81. The summed E-state index contributed by atoms with van der Waals surface area (Å²) in [5.41, 5.74) is 1.37. The number of aromatic nitrogens is 1. The molecule has 1 aliphatic heterocycles. The highest BCUT2D eigenvalue weighted by Gasteiger charge is 2.26. The predicted octanol–water partition coefficient (Wildman–Crippen LogP) is 2.71. The average molecular weight is 284 g/mol. The van der Waals surface area contributed by atoms with E-state index in [1.54, 1.807) is 0 Å². The van der Waals surface area contributed by atoms with E-state index in [1.807, 2.05) is 6.20 Å². The molecule has 1 saturated heterocycles. The zero-order valence-corrected chi connectivity index (χ0v) is 11.4. The molecule has 3 nitrogen and oxygen atoms in total. The third kappa shape index (κ3) is 2.74. The molecule has 0 bridgehead atoms. The molecule has 1 aromatic heterocycles. The Kier molecular flexibility index (Phi) is 3.50. The number of anilines is 1. The minimum Gasteiger partial charge on any atom is -0.365 e. The highest BCUT2D eigenvalue weighted by atomic mass is 79.9. The van der Waals surface area contributed by atoms with E-state index in [0.29, 0.717) is 0 Å². The van der Waals surface area contributed by atoms with Crippen LogP contribution in [0.4, 0.5) is 5.82 Å². The molecule has 0 saturated carbocycles. The van der Waals surface area contributed by atoms with Crippen LogP contribution < -0.4 is 10.6 Å². The van der Waals surface area contributed by atoms with E-state index in [0.717, 1.165) is 36.2 Å². The van der Waals surface area contributed by atoms with Crippen molar-refractivity contribution in [1.82, 2.24) is 10.3 Å². The standard InChI is InChI=1S/C12H18BrN3/c1-9-7-10(13)8-15-11(9)16-12(2)3-5-14-6-4-12/h7-8,14H,3-6H2,1-2H3,(H,15,16). The van der Waals surface area contributed by atoms with Crippen LogP contribution in [0.25, 0.3) is 0 Å². The van der Waals surface area contributed by atoms with Crippen molar-refractivity contribution in [3.63, 3.8) is 0 Å². The van der Waals surface area contributed by atoms with Crippen molar-refractivity contribution in [1.29, 1.82) is 0 Å². The molecule has 4 heteroatoms. The van der Waals surface area contributed by atoms with Crippen LogP contribution in [0, 0.1) is 6.92 Å². The summed E-state index contributed by atoms with van der Waals surface area (Å²) in [6.45, 7) is 6.53. The molecule has 16 heavy (non-hydrogen) atoms. The number of hydrogen-bond acceptors (Lipinski definition) is 3. The van der Waals surface area contributed by atoms with Gasteiger partial charge in [0.05, 0.1) is 0 Å². The molecule has 1 aliphatic rings. The van der Waals surface area contributed by atoms with Crippen molar-refractivity contribution in [3.8, 4) is 0 Å². The van der Waals surface area contributed by atoms with E-state index in [9.17, 15) is 0 Å². The monoisotopic (exact) mass is 283 g/mol. The first-order chi connectivity index (χ1) is 7.59. The van der Waals surface area contributed by atoms with E-state index in [1.165, 1.54) is 5.56 Å². The maximum Gasteiger partial charge on any atom is 0.129 e. The second-order valence-corrected chi connectivity index (χ2v) is 5.67. The molecule has 1 aromatic rings. The summed E-state index contributed by atoms with van der Waals surface area (Å²) in [4.78, 5) is 4.44. The van der Waals surface area contributed by atoms with Gasteiger partial charge in [0.1, 0.15) is 5.82 Å². The largest absolute Gasteiger partial charge is 0.365 e. The lowest BCUT2D eigenvalue weighted by atomic mass is 9.90. The zero-order chi connectivity index (χ0) is 11.6. The summed E-state index contributed by atoms with van der Waals surface area (Å²) in [6.07, 6.45) is 4.13. The van der Waals surface area contributed by atoms with Crippen LogP contribution in [0.5, 0.6) is 0 Å². The third-order valence-corrected chi connectivity index (χ3v) is 3.61. The van der Waals surface area contributed by atoms with Gasteiger partial charge in [-0.3, -0.25) is 0 Å². The van der Waals surface area contributed by atoms with E-state index < -0.39 is 0 Å². The number of halogens is 1. The van der Waals surface area contributed by atoms with Crippen molar-refractivity contribution in [2.24, 2.45) is 0 Å². The van der Waals surface area contributed by atoms with E-state index >= 15 is 0 Å². The lowest BCUT2D eigenvalue weighted by Crippen LogP contribution is -2.45. The third-order valence-electron chi connectivity index (χ3n) is 3.17. The Hall–Kier alpha value is -0.610. The Bertz CT molecular complexity index is 373. The van der Waals surface area contributed by atoms with Gasteiger partial charge >= 0.3 is 0 Å². The fraction of sp³-hybridized carbons (Fsp3) is 0.583. The SMILES string of the molecule is Cc1cc(Br)cnc1NC1(C)CCNCC1. The lowest BCUT2D eigenvalue weighted by molar-refractivity contribution is 0.364.